The van der Waals surface area contributed by atoms with E-state index >= 15 is 0 Å². The van der Waals surface area contributed by atoms with Gasteiger partial charge in [0.15, 0.2) is 0 Å². The van der Waals surface area contributed by atoms with E-state index < -0.39 is 5.91 Å². The largest absolute Gasteiger partial charge is 0.378 e. The van der Waals surface area contributed by atoms with Crippen molar-refractivity contribution >= 4 is 17.3 Å². The van der Waals surface area contributed by atoms with E-state index in [0.717, 1.165) is 24.3 Å². The van der Waals surface area contributed by atoms with Crippen molar-refractivity contribution in [3.63, 3.8) is 0 Å². The standard InChI is InChI=1S/C17H20N4O3/c1-12-4-6-20(2)17(23)15(12)19-16(22)14-11-13(3-5-18-14)21-7-9-24-10-8-21/h3-6,11H,7-10H2,1-2H3,(H,19,22). The SMILES string of the molecule is Cc1ccn(C)c(=O)c1NC(=O)c1cc(N2CCOCC2)ccn1. The Hall–Kier alpha value is -2.67. The van der Waals surface area contributed by atoms with Crippen molar-refractivity contribution < 1.29 is 9.53 Å². The lowest BCUT2D eigenvalue weighted by molar-refractivity contribution is 0.102. The van der Waals surface area contributed by atoms with Gasteiger partial charge in [0.25, 0.3) is 11.5 Å². The second kappa shape index (κ2) is 6.84. The van der Waals surface area contributed by atoms with Gasteiger partial charge >= 0.3 is 0 Å². The Kier molecular flexibility index (Phi) is 4.61. The monoisotopic (exact) mass is 328 g/mol. The predicted octanol–water partition coefficient (Wildman–Crippen LogP) is 1.18. The summed E-state index contributed by atoms with van der Waals surface area (Å²) in [6.45, 7) is 4.69. The van der Waals surface area contributed by atoms with E-state index in [-0.39, 0.29) is 16.9 Å². The molecule has 0 spiro atoms. The van der Waals surface area contributed by atoms with Crippen LogP contribution in [0, 0.1) is 6.92 Å². The molecule has 0 unspecified atom stereocenters. The van der Waals surface area contributed by atoms with Crippen molar-refractivity contribution in [2.24, 2.45) is 7.05 Å². The van der Waals surface area contributed by atoms with Crippen LogP contribution in [-0.4, -0.2) is 41.8 Å². The summed E-state index contributed by atoms with van der Waals surface area (Å²) in [5.74, 6) is -0.392. The minimum absolute atomic E-state index is 0.243. The molecule has 2 aromatic heterocycles. The highest BCUT2D eigenvalue weighted by Crippen LogP contribution is 2.17. The van der Waals surface area contributed by atoms with E-state index in [2.05, 4.69) is 15.2 Å². The minimum atomic E-state index is -0.392. The molecule has 1 aliphatic heterocycles. The molecule has 2 aromatic rings. The molecular formula is C17H20N4O3. The Labute approximate surface area is 139 Å². The first kappa shape index (κ1) is 16.2. The van der Waals surface area contributed by atoms with Gasteiger partial charge in [0.05, 0.1) is 13.2 Å². The van der Waals surface area contributed by atoms with Gasteiger partial charge in [0, 0.05) is 38.2 Å². The van der Waals surface area contributed by atoms with Crippen LogP contribution < -0.4 is 15.8 Å². The minimum Gasteiger partial charge on any atom is -0.378 e. The average Bonchev–Trinajstić information content (AvgIpc) is 2.62. The fraction of sp³-hybridized carbons (Fsp3) is 0.353. The second-order valence-electron chi connectivity index (χ2n) is 5.74. The zero-order valence-electron chi connectivity index (χ0n) is 13.8. The summed E-state index contributed by atoms with van der Waals surface area (Å²) in [7, 11) is 1.65. The van der Waals surface area contributed by atoms with E-state index in [1.165, 1.54) is 4.57 Å². The Balaban J connectivity index is 1.83. The maximum Gasteiger partial charge on any atom is 0.274 e. The van der Waals surface area contributed by atoms with Crippen molar-refractivity contribution in [2.45, 2.75) is 6.92 Å². The van der Waals surface area contributed by atoms with Crippen molar-refractivity contribution in [1.29, 1.82) is 0 Å². The van der Waals surface area contributed by atoms with E-state index in [1.54, 1.807) is 38.5 Å². The molecule has 1 aliphatic rings. The van der Waals surface area contributed by atoms with Crippen LogP contribution in [0.4, 0.5) is 11.4 Å². The number of anilines is 2. The lowest BCUT2D eigenvalue weighted by Gasteiger charge is -2.28. The number of carbonyl (C=O) groups is 1. The van der Waals surface area contributed by atoms with Crippen LogP contribution in [-0.2, 0) is 11.8 Å². The van der Waals surface area contributed by atoms with E-state index in [4.69, 9.17) is 4.74 Å². The molecule has 0 saturated carbocycles. The van der Waals surface area contributed by atoms with Crippen molar-refractivity contribution in [2.75, 3.05) is 36.5 Å². The number of morpholine rings is 1. The number of aryl methyl sites for hydroxylation is 2. The van der Waals surface area contributed by atoms with E-state index in [9.17, 15) is 9.59 Å². The fourth-order valence-electron chi connectivity index (χ4n) is 2.61. The molecular weight excluding hydrogens is 308 g/mol. The van der Waals surface area contributed by atoms with E-state index in [1.807, 2.05) is 6.07 Å². The molecule has 0 radical (unpaired) electrons. The average molecular weight is 328 g/mol. The van der Waals surface area contributed by atoms with E-state index in [0.29, 0.717) is 13.2 Å². The second-order valence-corrected chi connectivity index (χ2v) is 5.74. The van der Waals surface area contributed by atoms with Crippen LogP contribution in [0.15, 0.2) is 35.4 Å². The number of nitrogens with one attached hydrogen (secondary N) is 1. The Morgan fingerprint density at radius 3 is 2.79 bits per heavy atom. The molecule has 1 saturated heterocycles. The van der Waals surface area contributed by atoms with Gasteiger partial charge in [-0.3, -0.25) is 14.6 Å². The number of hydrogen-bond donors (Lipinski definition) is 1. The first-order valence-corrected chi connectivity index (χ1v) is 7.82. The molecule has 7 heteroatoms. The quantitative estimate of drug-likeness (QED) is 0.915. The van der Waals surface area contributed by atoms with Gasteiger partial charge in [0.1, 0.15) is 11.4 Å². The summed E-state index contributed by atoms with van der Waals surface area (Å²) >= 11 is 0. The summed E-state index contributed by atoms with van der Waals surface area (Å²) in [4.78, 5) is 31.0. The molecule has 126 valence electrons. The molecule has 1 amide bonds. The molecule has 1 N–H and O–H groups in total. The molecule has 1 fully saturated rings. The number of aromatic nitrogens is 2. The number of carbonyl (C=O) groups excluding carboxylic acids is 1. The number of ether oxygens (including phenoxy) is 1. The van der Waals surface area contributed by atoms with Crippen molar-refractivity contribution in [3.05, 3.63) is 52.2 Å². The molecule has 7 nitrogen and oxygen atoms in total. The third kappa shape index (κ3) is 3.30. The van der Waals surface area contributed by atoms with Crippen LogP contribution in [0.25, 0.3) is 0 Å². The van der Waals surface area contributed by atoms with Gasteiger partial charge in [-0.05, 0) is 30.7 Å². The predicted molar refractivity (Wildman–Crippen MR) is 91.6 cm³/mol. The number of amides is 1. The summed E-state index contributed by atoms with van der Waals surface area (Å²) in [5.41, 5.74) is 1.97. The zero-order valence-corrected chi connectivity index (χ0v) is 13.8. The molecule has 0 atom stereocenters. The maximum absolute atomic E-state index is 12.5. The Bertz CT molecular complexity index is 810. The van der Waals surface area contributed by atoms with Crippen LogP contribution in [0.5, 0.6) is 0 Å². The first-order valence-electron chi connectivity index (χ1n) is 7.82. The smallest absolute Gasteiger partial charge is 0.274 e. The van der Waals surface area contributed by atoms with Gasteiger partial charge in [-0.2, -0.15) is 0 Å². The number of pyridine rings is 2. The maximum atomic E-state index is 12.5. The number of rotatable bonds is 3. The summed E-state index contributed by atoms with van der Waals surface area (Å²) in [6.07, 6.45) is 3.28. The highest BCUT2D eigenvalue weighted by atomic mass is 16.5. The van der Waals surface area contributed by atoms with Gasteiger partial charge in [-0.15, -0.1) is 0 Å². The Morgan fingerprint density at radius 1 is 1.29 bits per heavy atom. The Morgan fingerprint density at radius 2 is 2.04 bits per heavy atom. The molecule has 3 rings (SSSR count). The summed E-state index contributed by atoms with van der Waals surface area (Å²) < 4.78 is 6.77. The topological polar surface area (TPSA) is 76.5 Å². The van der Waals surface area contributed by atoms with Crippen LogP contribution >= 0.6 is 0 Å². The third-order valence-electron chi connectivity index (χ3n) is 4.07. The van der Waals surface area contributed by atoms with Gasteiger partial charge in [-0.25, -0.2) is 0 Å². The van der Waals surface area contributed by atoms with Crippen molar-refractivity contribution in [3.8, 4) is 0 Å². The van der Waals surface area contributed by atoms with Gasteiger partial charge < -0.3 is 19.5 Å². The zero-order chi connectivity index (χ0) is 17.1. The normalized spacial score (nSPS) is 14.5. The highest BCUT2D eigenvalue weighted by molar-refractivity contribution is 6.03. The number of nitrogens with zero attached hydrogens (tertiary/aromatic N) is 3. The first-order chi connectivity index (χ1) is 11.6. The molecule has 24 heavy (non-hydrogen) atoms. The number of hydrogen-bond acceptors (Lipinski definition) is 5. The van der Waals surface area contributed by atoms with Gasteiger partial charge in [0.2, 0.25) is 0 Å². The lowest BCUT2D eigenvalue weighted by Crippen LogP contribution is -2.36. The highest BCUT2D eigenvalue weighted by Gasteiger charge is 2.16. The van der Waals surface area contributed by atoms with Gasteiger partial charge in [-0.1, -0.05) is 0 Å². The fourth-order valence-corrected chi connectivity index (χ4v) is 2.61. The molecule has 0 aromatic carbocycles. The molecule has 3 heterocycles. The molecule has 0 aliphatic carbocycles. The summed E-state index contributed by atoms with van der Waals surface area (Å²) in [5, 5.41) is 2.69. The molecule has 0 bridgehead atoms. The van der Waals surface area contributed by atoms with Crippen molar-refractivity contribution in [1.82, 2.24) is 9.55 Å². The lowest BCUT2D eigenvalue weighted by atomic mass is 10.2. The third-order valence-corrected chi connectivity index (χ3v) is 4.07. The summed E-state index contributed by atoms with van der Waals surface area (Å²) in [6, 6.07) is 5.40. The van der Waals surface area contributed by atoms with Crippen LogP contribution in [0.3, 0.4) is 0 Å². The van der Waals surface area contributed by atoms with Crippen LogP contribution in [0.1, 0.15) is 16.1 Å². The van der Waals surface area contributed by atoms with Crippen LogP contribution in [0.2, 0.25) is 0 Å².